The van der Waals surface area contributed by atoms with Crippen molar-refractivity contribution in [2.75, 3.05) is 0 Å². The van der Waals surface area contributed by atoms with E-state index in [9.17, 15) is 13.6 Å². The minimum atomic E-state index is -2.91. The molecule has 15 heavy (non-hydrogen) atoms. The number of carboxylic acids is 1. The summed E-state index contributed by atoms with van der Waals surface area (Å²) in [6, 6.07) is 1.28. The van der Waals surface area contributed by atoms with Crippen LogP contribution in [0.4, 0.5) is 8.78 Å². The molecule has 1 N–H and O–H groups in total. The fourth-order valence-corrected chi connectivity index (χ4v) is 1.76. The third kappa shape index (κ3) is 2.63. The van der Waals surface area contributed by atoms with E-state index in [0.29, 0.717) is 0 Å². The Morgan fingerprint density at radius 2 is 2.27 bits per heavy atom. The molecule has 0 aliphatic carbocycles. The SMILES string of the molecule is O=C(O)c1nc(Br)cc(CCl)c1C(F)F. The van der Waals surface area contributed by atoms with Crippen LogP contribution in [0, 0.1) is 0 Å². The number of carbonyl (C=O) groups is 1. The zero-order valence-corrected chi connectivity index (χ0v) is 9.52. The first kappa shape index (κ1) is 12.3. The molecule has 0 saturated carbocycles. The second-order valence-corrected chi connectivity index (χ2v) is 3.69. The molecule has 0 fully saturated rings. The highest BCUT2D eigenvalue weighted by molar-refractivity contribution is 9.10. The van der Waals surface area contributed by atoms with Gasteiger partial charge in [-0.15, -0.1) is 11.6 Å². The van der Waals surface area contributed by atoms with Gasteiger partial charge in [-0.25, -0.2) is 18.6 Å². The largest absolute Gasteiger partial charge is 0.476 e. The number of hydrogen-bond donors (Lipinski definition) is 1. The predicted molar refractivity (Wildman–Crippen MR) is 53.4 cm³/mol. The molecule has 7 heteroatoms. The van der Waals surface area contributed by atoms with Crippen LogP contribution >= 0.6 is 27.5 Å². The van der Waals surface area contributed by atoms with Crippen LogP contribution in [0.25, 0.3) is 0 Å². The van der Waals surface area contributed by atoms with Gasteiger partial charge in [-0.05, 0) is 27.6 Å². The number of alkyl halides is 3. The van der Waals surface area contributed by atoms with Crippen LogP contribution in [0.5, 0.6) is 0 Å². The maximum atomic E-state index is 12.6. The number of aromatic carboxylic acids is 1. The number of aromatic nitrogens is 1. The number of rotatable bonds is 3. The van der Waals surface area contributed by atoms with Crippen molar-refractivity contribution in [1.29, 1.82) is 0 Å². The molecule has 3 nitrogen and oxygen atoms in total. The van der Waals surface area contributed by atoms with Crippen LogP contribution < -0.4 is 0 Å². The fraction of sp³-hybridized carbons (Fsp3) is 0.250. The number of halogens is 4. The Morgan fingerprint density at radius 3 is 2.67 bits per heavy atom. The normalized spacial score (nSPS) is 10.7. The van der Waals surface area contributed by atoms with E-state index >= 15 is 0 Å². The molecule has 1 rings (SSSR count). The third-order valence-electron chi connectivity index (χ3n) is 1.68. The second-order valence-electron chi connectivity index (χ2n) is 2.61. The summed E-state index contributed by atoms with van der Waals surface area (Å²) < 4.78 is 25.3. The van der Waals surface area contributed by atoms with E-state index in [1.54, 1.807) is 0 Å². The lowest BCUT2D eigenvalue weighted by atomic mass is 10.1. The first-order valence-corrected chi connectivity index (χ1v) is 5.06. The highest BCUT2D eigenvalue weighted by atomic mass is 79.9. The van der Waals surface area contributed by atoms with Crippen molar-refractivity contribution in [2.24, 2.45) is 0 Å². The summed E-state index contributed by atoms with van der Waals surface area (Å²) in [5.74, 6) is -1.70. The maximum absolute atomic E-state index is 12.6. The molecule has 82 valence electrons. The summed E-state index contributed by atoms with van der Waals surface area (Å²) in [5.41, 5.74) is -1.23. The van der Waals surface area contributed by atoms with Crippen LogP contribution in [0.15, 0.2) is 10.7 Å². The van der Waals surface area contributed by atoms with Gasteiger partial charge >= 0.3 is 5.97 Å². The van der Waals surface area contributed by atoms with Gasteiger partial charge in [0.05, 0.1) is 5.56 Å². The van der Waals surface area contributed by atoms with Gasteiger partial charge < -0.3 is 5.11 Å². The first-order valence-electron chi connectivity index (χ1n) is 3.74. The summed E-state index contributed by atoms with van der Waals surface area (Å²) in [6.45, 7) is 0. The second kappa shape index (κ2) is 4.85. The molecule has 0 aliphatic heterocycles. The van der Waals surface area contributed by atoms with E-state index in [2.05, 4.69) is 20.9 Å². The zero-order valence-electron chi connectivity index (χ0n) is 7.18. The van der Waals surface area contributed by atoms with Crippen LogP contribution in [-0.4, -0.2) is 16.1 Å². The molecule has 1 heterocycles. The molecule has 0 saturated heterocycles. The topological polar surface area (TPSA) is 50.2 Å². The number of hydrogen-bond acceptors (Lipinski definition) is 2. The number of pyridine rings is 1. The van der Waals surface area contributed by atoms with Gasteiger partial charge in [0.25, 0.3) is 6.43 Å². The summed E-state index contributed by atoms with van der Waals surface area (Å²) in [5, 5.41) is 8.70. The molecular formula is C8H5BrClF2NO2. The van der Waals surface area contributed by atoms with Gasteiger partial charge in [0.1, 0.15) is 4.60 Å². The summed E-state index contributed by atoms with van der Waals surface area (Å²) in [6.07, 6.45) is -2.91. The summed E-state index contributed by atoms with van der Waals surface area (Å²) in [4.78, 5) is 14.2. The highest BCUT2D eigenvalue weighted by Gasteiger charge is 2.23. The molecule has 0 amide bonds. The van der Waals surface area contributed by atoms with Crippen molar-refractivity contribution in [1.82, 2.24) is 4.98 Å². The van der Waals surface area contributed by atoms with Gasteiger partial charge in [0, 0.05) is 5.88 Å². The van der Waals surface area contributed by atoms with Crippen molar-refractivity contribution >= 4 is 33.5 Å². The minimum Gasteiger partial charge on any atom is -0.476 e. The van der Waals surface area contributed by atoms with Crippen LogP contribution in [0.1, 0.15) is 28.0 Å². The standard InChI is InChI=1S/C8H5BrClF2NO2/c9-4-1-3(2-10)5(7(11)12)6(13-4)8(14)15/h1,7H,2H2,(H,14,15). The van der Waals surface area contributed by atoms with Crippen LogP contribution in [-0.2, 0) is 5.88 Å². The van der Waals surface area contributed by atoms with E-state index in [-0.39, 0.29) is 16.0 Å². The van der Waals surface area contributed by atoms with Gasteiger partial charge in [0.2, 0.25) is 0 Å². The quantitative estimate of drug-likeness (QED) is 0.689. The average molecular weight is 300 g/mol. The van der Waals surface area contributed by atoms with E-state index in [4.69, 9.17) is 16.7 Å². The molecule has 0 spiro atoms. The maximum Gasteiger partial charge on any atom is 0.355 e. The first-order chi connectivity index (χ1) is 6.97. The Morgan fingerprint density at radius 1 is 1.67 bits per heavy atom. The Labute approximate surface area is 97.2 Å². The van der Waals surface area contributed by atoms with Crippen molar-refractivity contribution < 1.29 is 18.7 Å². The molecule has 0 aromatic carbocycles. The monoisotopic (exact) mass is 299 g/mol. The van der Waals surface area contributed by atoms with Gasteiger partial charge in [-0.2, -0.15) is 0 Å². The zero-order chi connectivity index (χ0) is 11.6. The van der Waals surface area contributed by atoms with Gasteiger partial charge in [-0.3, -0.25) is 0 Å². The lowest BCUT2D eigenvalue weighted by Gasteiger charge is -2.09. The predicted octanol–water partition coefficient (Wildman–Crippen LogP) is 3.22. The summed E-state index contributed by atoms with van der Waals surface area (Å²) in [7, 11) is 0. The molecule has 0 atom stereocenters. The third-order valence-corrected chi connectivity index (χ3v) is 2.37. The average Bonchev–Trinajstić information content (AvgIpc) is 2.15. The Hall–Kier alpha value is -0.750. The van der Waals surface area contributed by atoms with Crippen LogP contribution in [0.3, 0.4) is 0 Å². The van der Waals surface area contributed by atoms with E-state index in [0.717, 1.165) is 0 Å². The van der Waals surface area contributed by atoms with Crippen molar-refractivity contribution in [2.45, 2.75) is 12.3 Å². The highest BCUT2D eigenvalue weighted by Crippen LogP contribution is 2.29. The molecule has 0 bridgehead atoms. The Balaban J connectivity index is 3.47. The summed E-state index contributed by atoms with van der Waals surface area (Å²) >= 11 is 8.38. The number of nitrogens with zero attached hydrogens (tertiary/aromatic N) is 1. The molecule has 0 unspecified atom stereocenters. The smallest absolute Gasteiger partial charge is 0.355 e. The number of carboxylic acid groups (broad SMARTS) is 1. The van der Waals surface area contributed by atoms with E-state index in [1.807, 2.05) is 0 Å². The van der Waals surface area contributed by atoms with Crippen molar-refractivity contribution in [3.05, 3.63) is 27.5 Å². The van der Waals surface area contributed by atoms with E-state index < -0.39 is 23.7 Å². The van der Waals surface area contributed by atoms with E-state index in [1.165, 1.54) is 6.07 Å². The molecule has 0 radical (unpaired) electrons. The van der Waals surface area contributed by atoms with Crippen molar-refractivity contribution in [3.63, 3.8) is 0 Å². The lowest BCUT2D eigenvalue weighted by Crippen LogP contribution is -2.09. The molecule has 1 aromatic rings. The Bertz CT molecular complexity index is 400. The molecule has 1 aromatic heterocycles. The van der Waals surface area contributed by atoms with Crippen LogP contribution in [0.2, 0.25) is 0 Å². The Kier molecular flexibility index (Phi) is 3.98. The van der Waals surface area contributed by atoms with Gasteiger partial charge in [0.15, 0.2) is 5.69 Å². The minimum absolute atomic E-state index is 0.0611. The molecular weight excluding hydrogens is 295 g/mol. The van der Waals surface area contributed by atoms with Crippen molar-refractivity contribution in [3.8, 4) is 0 Å². The van der Waals surface area contributed by atoms with Gasteiger partial charge in [-0.1, -0.05) is 0 Å². The lowest BCUT2D eigenvalue weighted by molar-refractivity contribution is 0.0676. The molecule has 0 aliphatic rings. The fourth-order valence-electron chi connectivity index (χ4n) is 1.09.